The summed E-state index contributed by atoms with van der Waals surface area (Å²) < 4.78 is 0. The molecule has 0 aliphatic rings. The summed E-state index contributed by atoms with van der Waals surface area (Å²) in [7, 11) is 0. The Labute approximate surface area is 123 Å². The van der Waals surface area contributed by atoms with Crippen LogP contribution in [0.25, 0.3) is 0 Å². The van der Waals surface area contributed by atoms with Crippen LogP contribution in [0.1, 0.15) is 17.2 Å². The second-order valence-corrected chi connectivity index (χ2v) is 5.58. The van der Waals surface area contributed by atoms with Crippen LogP contribution in [0.5, 0.6) is 0 Å². The number of hydrazine groups is 1. The second kappa shape index (κ2) is 6.96. The Morgan fingerprint density at radius 3 is 2.47 bits per heavy atom. The average Bonchev–Trinajstić information content (AvgIpc) is 2.46. The molecule has 3 N–H and O–H groups in total. The summed E-state index contributed by atoms with van der Waals surface area (Å²) in [6.07, 6.45) is 2.92. The van der Waals surface area contributed by atoms with Crippen molar-refractivity contribution in [3.05, 3.63) is 64.7 Å². The normalized spacial score (nSPS) is 12.4. The summed E-state index contributed by atoms with van der Waals surface area (Å²) in [6.45, 7) is 0. The van der Waals surface area contributed by atoms with Crippen molar-refractivity contribution >= 4 is 23.4 Å². The van der Waals surface area contributed by atoms with Gasteiger partial charge in [0.1, 0.15) is 0 Å². The van der Waals surface area contributed by atoms with E-state index in [0.717, 1.165) is 11.4 Å². The third kappa shape index (κ3) is 3.74. The van der Waals surface area contributed by atoms with Gasteiger partial charge < -0.3 is 0 Å². The lowest BCUT2D eigenvalue weighted by Crippen LogP contribution is -2.30. The minimum atomic E-state index is 0.102. The topological polar surface area (TPSA) is 38.0 Å². The first kappa shape index (κ1) is 14.4. The van der Waals surface area contributed by atoms with Gasteiger partial charge in [0.15, 0.2) is 0 Å². The van der Waals surface area contributed by atoms with Gasteiger partial charge >= 0.3 is 0 Å². The summed E-state index contributed by atoms with van der Waals surface area (Å²) in [5, 5.41) is 0.755. The molecule has 0 amide bonds. The van der Waals surface area contributed by atoms with Gasteiger partial charge in [0.25, 0.3) is 0 Å². The molecule has 100 valence electrons. The number of benzene rings is 2. The van der Waals surface area contributed by atoms with E-state index in [9.17, 15) is 0 Å². The molecular weight excluding hydrogens is 276 g/mol. The van der Waals surface area contributed by atoms with Crippen LogP contribution in [0.15, 0.2) is 53.4 Å². The molecule has 0 spiro atoms. The van der Waals surface area contributed by atoms with Crippen LogP contribution in [0.2, 0.25) is 5.02 Å². The molecule has 0 aromatic heterocycles. The predicted molar refractivity (Wildman–Crippen MR) is 83.4 cm³/mol. The Balaban J connectivity index is 2.22. The van der Waals surface area contributed by atoms with E-state index in [1.807, 2.05) is 36.4 Å². The summed E-state index contributed by atoms with van der Waals surface area (Å²) in [5.74, 6) is 5.72. The Morgan fingerprint density at radius 1 is 1.16 bits per heavy atom. The Morgan fingerprint density at radius 2 is 1.84 bits per heavy atom. The number of nitrogens with two attached hydrogens (primary N) is 1. The molecule has 2 nitrogen and oxygen atoms in total. The highest BCUT2D eigenvalue weighted by Gasteiger charge is 2.13. The van der Waals surface area contributed by atoms with Crippen molar-refractivity contribution in [2.75, 3.05) is 6.26 Å². The van der Waals surface area contributed by atoms with E-state index >= 15 is 0 Å². The smallest absolute Gasteiger partial charge is 0.0511 e. The van der Waals surface area contributed by atoms with Crippen LogP contribution in [0.4, 0.5) is 0 Å². The van der Waals surface area contributed by atoms with Gasteiger partial charge in [0.2, 0.25) is 0 Å². The Bertz CT molecular complexity index is 528. The van der Waals surface area contributed by atoms with Gasteiger partial charge in [-0.1, -0.05) is 41.9 Å². The van der Waals surface area contributed by atoms with Gasteiger partial charge in [-0.25, -0.2) is 0 Å². The first-order valence-electron chi connectivity index (χ1n) is 6.08. The van der Waals surface area contributed by atoms with E-state index in [2.05, 4.69) is 23.8 Å². The molecule has 2 aromatic carbocycles. The maximum Gasteiger partial charge on any atom is 0.0511 e. The number of rotatable bonds is 5. The van der Waals surface area contributed by atoms with Gasteiger partial charge in [-0.3, -0.25) is 11.3 Å². The van der Waals surface area contributed by atoms with E-state index in [0.29, 0.717) is 0 Å². The molecule has 0 fully saturated rings. The number of nitrogens with one attached hydrogen (secondary N) is 1. The lowest BCUT2D eigenvalue weighted by molar-refractivity contribution is 0.544. The van der Waals surface area contributed by atoms with E-state index in [1.54, 1.807) is 11.8 Å². The highest BCUT2D eigenvalue weighted by molar-refractivity contribution is 7.98. The first-order valence-corrected chi connectivity index (χ1v) is 7.68. The number of hydrogen-bond donors (Lipinski definition) is 2. The number of thioether (sulfide) groups is 1. The van der Waals surface area contributed by atoms with Crippen LogP contribution in [0.3, 0.4) is 0 Å². The lowest BCUT2D eigenvalue weighted by atomic mass is 9.99. The molecule has 0 aliphatic carbocycles. The summed E-state index contributed by atoms with van der Waals surface area (Å²) >= 11 is 7.64. The zero-order chi connectivity index (χ0) is 13.7. The van der Waals surface area contributed by atoms with Crippen molar-refractivity contribution in [3.8, 4) is 0 Å². The molecule has 0 radical (unpaired) electrons. The van der Waals surface area contributed by atoms with E-state index in [1.165, 1.54) is 16.0 Å². The second-order valence-electron chi connectivity index (χ2n) is 4.29. The minimum absolute atomic E-state index is 0.102. The fraction of sp³-hybridized carbons (Fsp3) is 0.200. The molecule has 0 saturated heterocycles. The molecule has 2 aromatic rings. The van der Waals surface area contributed by atoms with E-state index in [-0.39, 0.29) is 6.04 Å². The van der Waals surface area contributed by atoms with Crippen molar-refractivity contribution in [3.63, 3.8) is 0 Å². The fourth-order valence-electron chi connectivity index (χ4n) is 2.07. The quantitative estimate of drug-likeness (QED) is 0.500. The number of hydrogen-bond acceptors (Lipinski definition) is 3. The molecule has 1 unspecified atom stereocenters. The zero-order valence-electron chi connectivity index (χ0n) is 10.8. The van der Waals surface area contributed by atoms with E-state index in [4.69, 9.17) is 17.4 Å². The molecular formula is C15H17ClN2S. The molecule has 19 heavy (non-hydrogen) atoms. The highest BCUT2D eigenvalue weighted by atomic mass is 35.5. The van der Waals surface area contributed by atoms with Gasteiger partial charge in [-0.15, -0.1) is 11.8 Å². The largest absolute Gasteiger partial charge is 0.271 e. The molecule has 4 heteroatoms. The SMILES string of the molecule is CSc1ccccc1C(Cc1ccc(Cl)cc1)NN. The molecule has 2 rings (SSSR count). The zero-order valence-corrected chi connectivity index (χ0v) is 12.3. The first-order chi connectivity index (χ1) is 9.24. The lowest BCUT2D eigenvalue weighted by Gasteiger charge is -2.19. The van der Waals surface area contributed by atoms with Crippen LogP contribution >= 0.6 is 23.4 Å². The molecule has 0 heterocycles. The monoisotopic (exact) mass is 292 g/mol. The van der Waals surface area contributed by atoms with Gasteiger partial charge in [-0.2, -0.15) is 0 Å². The average molecular weight is 293 g/mol. The van der Waals surface area contributed by atoms with Crippen LogP contribution < -0.4 is 11.3 Å². The fourth-order valence-corrected chi connectivity index (χ4v) is 2.86. The molecule has 0 bridgehead atoms. The van der Waals surface area contributed by atoms with Crippen molar-refractivity contribution in [1.29, 1.82) is 0 Å². The Kier molecular flexibility index (Phi) is 5.28. The van der Waals surface area contributed by atoms with E-state index < -0.39 is 0 Å². The standard InChI is InChI=1S/C15H17ClN2S/c1-19-15-5-3-2-4-13(15)14(18-17)10-11-6-8-12(16)9-7-11/h2-9,14,18H,10,17H2,1H3. The number of halogens is 1. The summed E-state index contributed by atoms with van der Waals surface area (Å²) in [4.78, 5) is 1.25. The summed E-state index contributed by atoms with van der Waals surface area (Å²) in [5.41, 5.74) is 5.35. The highest BCUT2D eigenvalue weighted by Crippen LogP contribution is 2.27. The predicted octanol–water partition coefficient (Wildman–Crippen LogP) is 3.81. The molecule has 0 saturated carbocycles. The van der Waals surface area contributed by atoms with Crippen molar-refractivity contribution in [2.24, 2.45) is 5.84 Å². The minimum Gasteiger partial charge on any atom is -0.271 e. The summed E-state index contributed by atoms with van der Waals surface area (Å²) in [6, 6.07) is 16.3. The van der Waals surface area contributed by atoms with Gasteiger partial charge in [0, 0.05) is 9.92 Å². The van der Waals surface area contributed by atoms with Gasteiger partial charge in [0.05, 0.1) is 6.04 Å². The Hall–Kier alpha value is -1.00. The van der Waals surface area contributed by atoms with Crippen LogP contribution in [-0.4, -0.2) is 6.26 Å². The molecule has 1 atom stereocenters. The van der Waals surface area contributed by atoms with Crippen LogP contribution in [0, 0.1) is 0 Å². The van der Waals surface area contributed by atoms with Crippen molar-refractivity contribution in [1.82, 2.24) is 5.43 Å². The van der Waals surface area contributed by atoms with Crippen LogP contribution in [-0.2, 0) is 6.42 Å². The van der Waals surface area contributed by atoms with Crippen molar-refractivity contribution < 1.29 is 0 Å². The van der Waals surface area contributed by atoms with Gasteiger partial charge in [-0.05, 0) is 42.0 Å². The third-order valence-electron chi connectivity index (χ3n) is 3.07. The van der Waals surface area contributed by atoms with Crippen molar-refractivity contribution in [2.45, 2.75) is 17.4 Å². The third-order valence-corrected chi connectivity index (χ3v) is 4.13. The maximum absolute atomic E-state index is 5.90. The maximum atomic E-state index is 5.90. The molecule has 0 aliphatic heterocycles.